The van der Waals surface area contributed by atoms with Crippen LogP contribution >= 0.6 is 31.9 Å². The first-order valence-corrected chi connectivity index (χ1v) is 11.1. The molecule has 10 heteroatoms. The second-order valence-corrected chi connectivity index (χ2v) is 9.70. The predicted octanol–water partition coefficient (Wildman–Crippen LogP) is 4.34. The highest BCUT2D eigenvalue weighted by atomic mass is 79.9. The number of carboxylic acid groups (broad SMARTS) is 1. The van der Waals surface area contributed by atoms with Gasteiger partial charge in [-0.3, -0.25) is 9.59 Å². The van der Waals surface area contributed by atoms with E-state index in [-0.39, 0.29) is 18.7 Å². The topological polar surface area (TPSA) is 116 Å². The largest absolute Gasteiger partial charge is 0.480 e. The van der Waals surface area contributed by atoms with Gasteiger partial charge in [0, 0.05) is 0 Å². The number of carboxylic acids is 1. The van der Waals surface area contributed by atoms with Gasteiger partial charge in [-0.15, -0.1) is 0 Å². The van der Waals surface area contributed by atoms with Crippen molar-refractivity contribution in [2.45, 2.75) is 51.3 Å². The summed E-state index contributed by atoms with van der Waals surface area (Å²) in [4.78, 5) is 22.1. The fourth-order valence-corrected chi connectivity index (χ4v) is 2.88. The van der Waals surface area contributed by atoms with Crippen molar-refractivity contribution in [3.63, 3.8) is 0 Å². The van der Waals surface area contributed by atoms with Crippen molar-refractivity contribution in [1.29, 1.82) is 0 Å². The average Bonchev–Trinajstić information content (AvgIpc) is 2.66. The van der Waals surface area contributed by atoms with Crippen molar-refractivity contribution in [2.75, 3.05) is 0 Å². The molecule has 0 saturated heterocycles. The molecule has 0 aromatic heterocycles. The molecule has 0 amide bonds. The van der Waals surface area contributed by atoms with E-state index < -0.39 is 35.4 Å². The Morgan fingerprint density at radius 1 is 0.938 bits per heavy atom. The van der Waals surface area contributed by atoms with Crippen LogP contribution in [-0.2, 0) is 27.2 Å². The van der Waals surface area contributed by atoms with Crippen LogP contribution in [-0.4, -0.2) is 34.7 Å². The fourth-order valence-electron chi connectivity index (χ4n) is 2.39. The van der Waals surface area contributed by atoms with Crippen LogP contribution in [0.1, 0.15) is 31.9 Å². The van der Waals surface area contributed by atoms with Crippen molar-refractivity contribution in [3.05, 3.63) is 68.1 Å². The minimum atomic E-state index is -1.09. The van der Waals surface area contributed by atoms with Gasteiger partial charge in [-0.2, -0.15) is 0 Å². The monoisotopic (exact) mass is 578 g/mol. The molecule has 0 heterocycles. The summed E-state index contributed by atoms with van der Waals surface area (Å²) in [7, 11) is 0. The molecule has 2 aromatic carbocycles. The number of aliphatic carboxylic acids is 1. The number of nitrogens with two attached hydrogens (primary N) is 2. The quantitative estimate of drug-likeness (QED) is 0.438. The van der Waals surface area contributed by atoms with Gasteiger partial charge >= 0.3 is 11.9 Å². The lowest BCUT2D eigenvalue weighted by molar-refractivity contribution is -0.156. The summed E-state index contributed by atoms with van der Waals surface area (Å²) < 4.78 is 32.2. The second kappa shape index (κ2) is 12.4. The Labute approximate surface area is 202 Å². The van der Waals surface area contributed by atoms with E-state index in [2.05, 4.69) is 31.9 Å². The molecule has 0 unspecified atom stereocenters. The summed E-state index contributed by atoms with van der Waals surface area (Å²) in [5.74, 6) is -2.36. The molecule has 0 radical (unpaired) electrons. The lowest BCUT2D eigenvalue weighted by atomic mass is 10.1. The van der Waals surface area contributed by atoms with Crippen LogP contribution < -0.4 is 11.5 Å². The maximum Gasteiger partial charge on any atom is 0.323 e. The third kappa shape index (κ3) is 10.2. The maximum atomic E-state index is 13.3. The van der Waals surface area contributed by atoms with Crippen LogP contribution in [0.25, 0.3) is 0 Å². The van der Waals surface area contributed by atoms with E-state index in [0.29, 0.717) is 20.1 Å². The van der Waals surface area contributed by atoms with Crippen LogP contribution in [0, 0.1) is 11.6 Å². The number of rotatable bonds is 6. The average molecular weight is 580 g/mol. The number of carbonyl (C=O) groups excluding carboxylic acids is 1. The molecular formula is C22H26Br2F2N2O4. The van der Waals surface area contributed by atoms with E-state index in [0.717, 1.165) is 0 Å². The van der Waals surface area contributed by atoms with Gasteiger partial charge < -0.3 is 21.3 Å². The molecule has 176 valence electrons. The van der Waals surface area contributed by atoms with Crippen LogP contribution in [0.2, 0.25) is 0 Å². The van der Waals surface area contributed by atoms with E-state index in [1.54, 1.807) is 39.0 Å². The molecule has 32 heavy (non-hydrogen) atoms. The molecule has 0 aliphatic rings. The van der Waals surface area contributed by atoms with Gasteiger partial charge in [0.1, 0.15) is 29.3 Å². The zero-order valence-electron chi connectivity index (χ0n) is 17.9. The second-order valence-electron chi connectivity index (χ2n) is 7.99. The molecule has 0 bridgehead atoms. The first-order chi connectivity index (χ1) is 14.7. The molecule has 0 aliphatic heterocycles. The number of hydrogen-bond acceptors (Lipinski definition) is 5. The Morgan fingerprint density at radius 2 is 1.34 bits per heavy atom. The van der Waals surface area contributed by atoms with E-state index >= 15 is 0 Å². The molecule has 0 fully saturated rings. The van der Waals surface area contributed by atoms with Gasteiger partial charge in [-0.05, 0) is 101 Å². The van der Waals surface area contributed by atoms with Gasteiger partial charge in [-0.1, -0.05) is 12.1 Å². The van der Waals surface area contributed by atoms with Crippen LogP contribution in [0.4, 0.5) is 8.78 Å². The summed E-state index contributed by atoms with van der Waals surface area (Å²) in [5, 5.41) is 8.54. The molecule has 0 spiro atoms. The van der Waals surface area contributed by atoms with Gasteiger partial charge in [0.25, 0.3) is 0 Å². The summed E-state index contributed by atoms with van der Waals surface area (Å²) in [6.07, 6.45) is 0.374. The van der Waals surface area contributed by atoms with E-state index in [1.165, 1.54) is 18.2 Å². The first-order valence-electron chi connectivity index (χ1n) is 9.54. The Kier molecular flexibility index (Phi) is 10.9. The minimum Gasteiger partial charge on any atom is -0.480 e. The number of esters is 1. The van der Waals surface area contributed by atoms with Gasteiger partial charge in [0.2, 0.25) is 0 Å². The van der Waals surface area contributed by atoms with Gasteiger partial charge in [-0.25, -0.2) is 8.78 Å². The Hall–Kier alpha value is -1.88. The third-order valence-electron chi connectivity index (χ3n) is 3.91. The molecule has 5 N–H and O–H groups in total. The standard InChI is InChI=1S/C13H17BrFNO2.C9H9BrFNO2/c1-13(2,3)18-12(17)11(16)7-8-4-5-9(14)10(15)6-8;10-6-2-1-5(3-7(6)11)4-8(12)9(13)14/h4-6,11H,7,16H2,1-3H3;1-3,8H,4,12H2,(H,13,14)/t11-;8-/m00/s1. The molecule has 0 saturated carbocycles. The van der Waals surface area contributed by atoms with E-state index in [1.807, 2.05) is 0 Å². The van der Waals surface area contributed by atoms with Crippen molar-refractivity contribution in [2.24, 2.45) is 11.5 Å². The smallest absolute Gasteiger partial charge is 0.323 e. The van der Waals surface area contributed by atoms with Crippen molar-refractivity contribution >= 4 is 43.8 Å². The first kappa shape index (κ1) is 28.2. The molecule has 2 aromatic rings. The molecule has 2 rings (SSSR count). The Bertz CT molecular complexity index is 952. The zero-order valence-corrected chi connectivity index (χ0v) is 21.0. The van der Waals surface area contributed by atoms with Crippen molar-refractivity contribution < 1.29 is 28.2 Å². The highest BCUT2D eigenvalue weighted by Gasteiger charge is 2.22. The molecule has 6 nitrogen and oxygen atoms in total. The molecular weight excluding hydrogens is 554 g/mol. The number of benzene rings is 2. The Balaban J connectivity index is 0.000000330. The van der Waals surface area contributed by atoms with Gasteiger partial charge in [0.05, 0.1) is 8.95 Å². The highest BCUT2D eigenvalue weighted by molar-refractivity contribution is 9.10. The normalized spacial score (nSPS) is 12.9. The summed E-state index contributed by atoms with van der Waals surface area (Å²) in [5.41, 5.74) is 11.7. The van der Waals surface area contributed by atoms with E-state index in [9.17, 15) is 18.4 Å². The zero-order chi connectivity index (χ0) is 24.6. The van der Waals surface area contributed by atoms with Crippen molar-refractivity contribution in [1.82, 2.24) is 0 Å². The van der Waals surface area contributed by atoms with Crippen LogP contribution in [0.3, 0.4) is 0 Å². The number of hydrogen-bond donors (Lipinski definition) is 3. The summed E-state index contributed by atoms with van der Waals surface area (Å²) >= 11 is 6.07. The predicted molar refractivity (Wildman–Crippen MR) is 125 cm³/mol. The summed E-state index contributed by atoms with van der Waals surface area (Å²) in [6, 6.07) is 7.32. The molecule has 2 atom stereocenters. The number of halogens is 4. The molecule has 0 aliphatic carbocycles. The van der Waals surface area contributed by atoms with E-state index in [4.69, 9.17) is 21.3 Å². The Morgan fingerprint density at radius 3 is 1.69 bits per heavy atom. The lowest BCUT2D eigenvalue weighted by Crippen LogP contribution is -2.38. The third-order valence-corrected chi connectivity index (χ3v) is 5.19. The summed E-state index contributed by atoms with van der Waals surface area (Å²) in [6.45, 7) is 5.32. The SMILES string of the molecule is CC(C)(C)OC(=O)[C@@H](N)Cc1ccc(Br)c(F)c1.N[C@@H](Cc1ccc(Br)c(F)c1)C(=O)O. The number of ether oxygens (including phenoxy) is 1. The van der Waals surface area contributed by atoms with Gasteiger partial charge in [0.15, 0.2) is 0 Å². The number of carbonyl (C=O) groups is 2. The van der Waals surface area contributed by atoms with Crippen molar-refractivity contribution in [3.8, 4) is 0 Å². The van der Waals surface area contributed by atoms with Crippen LogP contribution in [0.15, 0.2) is 45.3 Å². The highest BCUT2D eigenvalue weighted by Crippen LogP contribution is 2.18. The van der Waals surface area contributed by atoms with Crippen LogP contribution in [0.5, 0.6) is 0 Å². The maximum absolute atomic E-state index is 13.3. The minimum absolute atomic E-state index is 0.125. The lowest BCUT2D eigenvalue weighted by Gasteiger charge is -2.22. The fraction of sp³-hybridized carbons (Fsp3) is 0.364.